The number of aryl methyl sites for hydroxylation is 1. The second-order valence-electron chi connectivity index (χ2n) is 1.81. The largest absolute Gasteiger partial charge is 1.00 e. The molecule has 0 fully saturated rings. The van der Waals surface area contributed by atoms with E-state index in [2.05, 4.69) is 5.10 Å². The molecule has 1 rings (SSSR count). The van der Waals surface area contributed by atoms with Gasteiger partial charge in [0.1, 0.15) is 7.05 Å². The lowest BCUT2D eigenvalue weighted by atomic mass is 10.6. The summed E-state index contributed by atoms with van der Waals surface area (Å²) in [4.78, 5) is 0. The summed E-state index contributed by atoms with van der Waals surface area (Å²) >= 11 is 0. The molecule has 0 aliphatic rings. The van der Waals surface area contributed by atoms with E-state index in [1.807, 2.05) is 7.05 Å². The summed E-state index contributed by atoms with van der Waals surface area (Å²) in [5.41, 5.74) is 5.47. The van der Waals surface area contributed by atoms with Crippen LogP contribution in [-0.4, -0.2) is 12.2 Å². The number of methoxy groups -OCH3 is 1. The van der Waals surface area contributed by atoms with Crippen LogP contribution < -0.4 is 27.6 Å². The molecule has 3 N–H and O–H groups in total. The van der Waals surface area contributed by atoms with Gasteiger partial charge in [-0.2, -0.15) is 9.78 Å². The summed E-state index contributed by atoms with van der Waals surface area (Å²) in [6, 6.07) is 1.72. The van der Waals surface area contributed by atoms with Crippen molar-refractivity contribution in [3.8, 4) is 5.88 Å². The first-order valence-corrected chi connectivity index (χ1v) is 2.62. The van der Waals surface area contributed by atoms with Crippen molar-refractivity contribution in [1.82, 2.24) is 5.10 Å². The molecule has 0 amide bonds. The third-order valence-corrected chi connectivity index (χ3v) is 1.16. The third-order valence-electron chi connectivity index (χ3n) is 1.16. The molecule has 0 aromatic carbocycles. The summed E-state index contributed by atoms with van der Waals surface area (Å²) in [6.07, 6.45) is 0. The number of ether oxygens (including phenoxy) is 1. The van der Waals surface area contributed by atoms with Gasteiger partial charge in [0.25, 0.3) is 5.82 Å². The van der Waals surface area contributed by atoms with Gasteiger partial charge in [0, 0.05) is 0 Å². The van der Waals surface area contributed by atoms with Crippen LogP contribution in [-0.2, 0) is 7.05 Å². The fourth-order valence-corrected chi connectivity index (χ4v) is 0.598. The van der Waals surface area contributed by atoms with Crippen LogP contribution in [0.3, 0.4) is 0 Å². The summed E-state index contributed by atoms with van der Waals surface area (Å²) in [6.45, 7) is 0. The predicted octanol–water partition coefficient (Wildman–Crippen LogP) is -3.57. The van der Waals surface area contributed by atoms with Crippen molar-refractivity contribution in [2.24, 2.45) is 7.05 Å². The maximum Gasteiger partial charge on any atom is 0.296 e. The van der Waals surface area contributed by atoms with Gasteiger partial charge >= 0.3 is 0 Å². The number of nitrogens with zero attached hydrogens (tertiary/aromatic N) is 1. The Bertz CT molecular complexity index is 191. The summed E-state index contributed by atoms with van der Waals surface area (Å²) < 4.78 is 6.54. The summed E-state index contributed by atoms with van der Waals surface area (Å²) in [5, 5.41) is 2.86. The lowest BCUT2D eigenvalue weighted by molar-refractivity contribution is -0.713. The average Bonchev–Trinajstić information content (AvgIpc) is 2.13. The molecule has 58 valence electrons. The molecular formula is C5H10ClN3O. The molecule has 5 heteroatoms. The first kappa shape index (κ1) is 9.10. The number of rotatable bonds is 1. The van der Waals surface area contributed by atoms with Crippen LogP contribution in [0.25, 0.3) is 0 Å². The van der Waals surface area contributed by atoms with E-state index >= 15 is 0 Å². The Morgan fingerprint density at radius 3 is 2.50 bits per heavy atom. The van der Waals surface area contributed by atoms with Crippen molar-refractivity contribution < 1.29 is 21.8 Å². The standard InChI is InChI=1S/C5H9N3O.ClH/c1-8-4(6)3-5(7-8)9-2;/h3H,1-2H3,(H2,6,7);1H. The van der Waals surface area contributed by atoms with Crippen LogP contribution in [0, 0.1) is 0 Å². The topological polar surface area (TPSA) is 54.9 Å². The maximum atomic E-state index is 5.47. The quantitative estimate of drug-likeness (QED) is 0.421. The molecule has 0 bridgehead atoms. The van der Waals surface area contributed by atoms with Crippen molar-refractivity contribution in [1.29, 1.82) is 0 Å². The zero-order valence-corrected chi connectivity index (χ0v) is 6.64. The minimum absolute atomic E-state index is 0. The number of hydrogen-bond donors (Lipinski definition) is 2. The number of H-pyrrole nitrogens is 1. The molecule has 1 heterocycles. The van der Waals surface area contributed by atoms with Crippen LogP contribution in [0.5, 0.6) is 5.88 Å². The Balaban J connectivity index is 0.000000810. The highest BCUT2D eigenvalue weighted by molar-refractivity contribution is 5.25. The second kappa shape index (κ2) is 3.31. The zero-order valence-electron chi connectivity index (χ0n) is 5.89. The number of aromatic nitrogens is 2. The van der Waals surface area contributed by atoms with E-state index in [0.717, 1.165) is 0 Å². The molecule has 0 aliphatic heterocycles. The van der Waals surface area contributed by atoms with E-state index in [4.69, 9.17) is 10.5 Å². The molecule has 1 aromatic heterocycles. The van der Waals surface area contributed by atoms with E-state index in [9.17, 15) is 0 Å². The monoisotopic (exact) mass is 163 g/mol. The van der Waals surface area contributed by atoms with Gasteiger partial charge in [0.05, 0.1) is 13.2 Å². The Hall–Kier alpha value is -0.900. The molecular weight excluding hydrogens is 154 g/mol. The molecule has 1 aromatic rings. The summed E-state index contributed by atoms with van der Waals surface area (Å²) in [5.74, 6) is 1.34. The number of halogens is 1. The molecule has 0 saturated heterocycles. The number of nitrogens with one attached hydrogen (secondary N) is 1. The van der Waals surface area contributed by atoms with Crippen LogP contribution in [0.15, 0.2) is 6.07 Å². The third kappa shape index (κ3) is 1.54. The van der Waals surface area contributed by atoms with Gasteiger partial charge in [0.2, 0.25) is 5.88 Å². The molecule has 0 atom stereocenters. The second-order valence-corrected chi connectivity index (χ2v) is 1.81. The molecule has 4 nitrogen and oxygen atoms in total. The van der Waals surface area contributed by atoms with Gasteiger partial charge in [-0.3, -0.25) is 5.73 Å². The van der Waals surface area contributed by atoms with Crippen molar-refractivity contribution in [3.63, 3.8) is 0 Å². The van der Waals surface area contributed by atoms with Crippen molar-refractivity contribution in [3.05, 3.63) is 6.07 Å². The first-order valence-electron chi connectivity index (χ1n) is 2.62. The fourth-order valence-electron chi connectivity index (χ4n) is 0.598. The van der Waals surface area contributed by atoms with Gasteiger partial charge in [-0.05, 0) is 0 Å². The van der Waals surface area contributed by atoms with Crippen LogP contribution in [0.4, 0.5) is 5.82 Å². The number of hydrogen-bond acceptors (Lipinski definition) is 2. The van der Waals surface area contributed by atoms with E-state index in [1.165, 1.54) is 0 Å². The number of nitrogen functional groups attached to an aromatic ring is 1. The van der Waals surface area contributed by atoms with Crippen molar-refractivity contribution in [2.75, 3.05) is 12.8 Å². The molecule has 0 spiro atoms. The highest BCUT2D eigenvalue weighted by Gasteiger charge is 2.03. The number of nitrogens with two attached hydrogens (primary N) is 1. The smallest absolute Gasteiger partial charge is 0.296 e. The summed E-state index contributed by atoms with van der Waals surface area (Å²) in [7, 11) is 3.41. The van der Waals surface area contributed by atoms with E-state index in [1.54, 1.807) is 17.9 Å². The Morgan fingerprint density at radius 1 is 1.70 bits per heavy atom. The Labute approximate surface area is 65.4 Å². The van der Waals surface area contributed by atoms with Crippen LogP contribution >= 0.6 is 0 Å². The van der Waals surface area contributed by atoms with Gasteiger partial charge in [-0.1, -0.05) is 0 Å². The van der Waals surface area contributed by atoms with Crippen molar-refractivity contribution in [2.45, 2.75) is 0 Å². The predicted molar refractivity (Wildman–Crippen MR) is 32.9 cm³/mol. The molecule has 10 heavy (non-hydrogen) atoms. The van der Waals surface area contributed by atoms with Gasteiger partial charge in [-0.25, -0.2) is 0 Å². The molecule has 0 aliphatic carbocycles. The highest BCUT2D eigenvalue weighted by Crippen LogP contribution is 2.04. The van der Waals surface area contributed by atoms with Crippen LogP contribution in [0.2, 0.25) is 0 Å². The van der Waals surface area contributed by atoms with Gasteiger partial charge < -0.3 is 17.1 Å². The normalized spacial score (nSPS) is 8.60. The lowest BCUT2D eigenvalue weighted by Gasteiger charge is -1.87. The molecule has 0 unspecified atom stereocenters. The zero-order chi connectivity index (χ0) is 6.85. The van der Waals surface area contributed by atoms with E-state index in [-0.39, 0.29) is 12.4 Å². The first-order chi connectivity index (χ1) is 4.24. The molecule has 0 saturated carbocycles. The number of anilines is 1. The maximum absolute atomic E-state index is 5.47. The highest BCUT2D eigenvalue weighted by atomic mass is 35.5. The Morgan fingerprint density at radius 2 is 2.30 bits per heavy atom. The van der Waals surface area contributed by atoms with Gasteiger partial charge in [0.15, 0.2) is 0 Å². The Kier molecular flexibility index (Phi) is 3.02. The average molecular weight is 164 g/mol. The van der Waals surface area contributed by atoms with E-state index in [0.29, 0.717) is 11.7 Å². The number of aromatic amines is 1. The fraction of sp³-hybridized carbons (Fsp3) is 0.400. The molecule has 0 radical (unpaired) electrons. The van der Waals surface area contributed by atoms with Crippen molar-refractivity contribution >= 4 is 5.82 Å². The SMILES string of the molecule is COc1cc(N)[n+](C)[nH]1.[Cl-]. The minimum atomic E-state index is 0. The lowest BCUT2D eigenvalue weighted by Crippen LogP contribution is -3.00. The van der Waals surface area contributed by atoms with Crippen LogP contribution in [0.1, 0.15) is 0 Å². The van der Waals surface area contributed by atoms with E-state index < -0.39 is 0 Å². The van der Waals surface area contributed by atoms with Gasteiger partial charge in [-0.15, -0.1) is 0 Å². The minimum Gasteiger partial charge on any atom is -1.00 e.